The summed E-state index contributed by atoms with van der Waals surface area (Å²) in [5.41, 5.74) is 10.5. The fraction of sp³-hybridized carbons (Fsp3) is 0.200. The van der Waals surface area contributed by atoms with Crippen LogP contribution in [-0.2, 0) is 6.54 Å². The average molecular weight is 518 g/mol. The third-order valence-electron chi connectivity index (χ3n) is 7.37. The monoisotopic (exact) mass is 517 g/mol. The van der Waals surface area contributed by atoms with Gasteiger partial charge in [0.15, 0.2) is 0 Å². The molecule has 1 fully saturated rings. The van der Waals surface area contributed by atoms with E-state index in [1.807, 2.05) is 40.5 Å². The normalized spacial score (nSPS) is 14.8. The van der Waals surface area contributed by atoms with Crippen LogP contribution in [0.2, 0.25) is 0 Å². The van der Waals surface area contributed by atoms with E-state index in [0.29, 0.717) is 5.92 Å². The molecule has 1 N–H and O–H groups in total. The lowest BCUT2D eigenvalue weighted by atomic mass is 9.93. The van der Waals surface area contributed by atoms with E-state index in [0.717, 1.165) is 77.0 Å². The number of aromatic nitrogens is 6. The fourth-order valence-corrected chi connectivity index (χ4v) is 5.98. The summed E-state index contributed by atoms with van der Waals surface area (Å²) in [6.45, 7) is 3.09. The van der Waals surface area contributed by atoms with Crippen LogP contribution in [0.4, 0.5) is 0 Å². The van der Waals surface area contributed by atoms with E-state index in [4.69, 9.17) is 4.98 Å². The van der Waals surface area contributed by atoms with Crippen molar-refractivity contribution in [3.63, 3.8) is 0 Å². The topological polar surface area (TPSA) is 75.0 Å². The van der Waals surface area contributed by atoms with Gasteiger partial charge in [-0.15, -0.1) is 0 Å². The Morgan fingerprint density at radius 2 is 1.71 bits per heavy atom. The van der Waals surface area contributed by atoms with Crippen LogP contribution in [0, 0.1) is 0 Å². The predicted octanol–water partition coefficient (Wildman–Crippen LogP) is 6.29. The highest BCUT2D eigenvalue weighted by molar-refractivity contribution is 7.14. The summed E-state index contributed by atoms with van der Waals surface area (Å²) in [5.74, 6) is 0.488. The summed E-state index contributed by atoms with van der Waals surface area (Å²) in [7, 11) is 0. The molecule has 6 aromatic rings. The maximum Gasteiger partial charge on any atom is 0.213 e. The highest BCUT2D eigenvalue weighted by Crippen LogP contribution is 2.34. The number of fused-ring (bicyclic) bond motifs is 1. The standard InChI is InChI=1S/C30H27N7S/c1-2-6-24(7-3-1)29-28(33-30-37(29)32-20-38-30)23-11-9-21(10-12-23)19-36-16-13-22(14-17-36)26-18-27(35-34-26)25-8-4-5-15-31-25/h1-12,15,18,20,22H,13-14,16-17,19H2,(H,34,35). The van der Waals surface area contributed by atoms with Crippen molar-refractivity contribution in [2.45, 2.75) is 25.3 Å². The lowest BCUT2D eigenvalue weighted by molar-refractivity contribution is 0.203. The van der Waals surface area contributed by atoms with E-state index in [2.05, 4.69) is 79.8 Å². The van der Waals surface area contributed by atoms with E-state index >= 15 is 0 Å². The Morgan fingerprint density at radius 3 is 2.50 bits per heavy atom. The van der Waals surface area contributed by atoms with Crippen molar-refractivity contribution < 1.29 is 0 Å². The molecule has 2 aromatic carbocycles. The molecule has 0 saturated carbocycles. The van der Waals surface area contributed by atoms with E-state index in [-0.39, 0.29) is 0 Å². The van der Waals surface area contributed by atoms with Crippen molar-refractivity contribution in [3.05, 3.63) is 102 Å². The first-order chi connectivity index (χ1) is 18.8. The van der Waals surface area contributed by atoms with E-state index in [9.17, 15) is 0 Å². The smallest absolute Gasteiger partial charge is 0.213 e. The summed E-state index contributed by atoms with van der Waals surface area (Å²) in [4.78, 5) is 12.8. The molecule has 188 valence electrons. The summed E-state index contributed by atoms with van der Waals surface area (Å²) in [6.07, 6.45) is 4.05. The van der Waals surface area contributed by atoms with Crippen LogP contribution in [0.25, 0.3) is 38.9 Å². The number of H-pyrrole nitrogens is 1. The number of imidazole rings is 1. The summed E-state index contributed by atoms with van der Waals surface area (Å²) < 4.78 is 1.95. The molecular formula is C30H27N7S. The van der Waals surface area contributed by atoms with Crippen molar-refractivity contribution in [2.24, 2.45) is 0 Å². The summed E-state index contributed by atoms with van der Waals surface area (Å²) in [6, 6.07) is 27.4. The third-order valence-corrected chi connectivity index (χ3v) is 8.05. The second-order valence-electron chi connectivity index (χ2n) is 9.78. The molecule has 1 aliphatic rings. The maximum absolute atomic E-state index is 4.92. The molecule has 0 atom stereocenters. The van der Waals surface area contributed by atoms with E-state index in [1.165, 1.54) is 5.56 Å². The van der Waals surface area contributed by atoms with Crippen molar-refractivity contribution in [1.29, 1.82) is 0 Å². The van der Waals surface area contributed by atoms with Crippen molar-refractivity contribution in [1.82, 2.24) is 34.7 Å². The summed E-state index contributed by atoms with van der Waals surface area (Å²) in [5, 5.41) is 12.3. The van der Waals surface area contributed by atoms with E-state index in [1.54, 1.807) is 11.3 Å². The molecule has 7 rings (SSSR count). The Kier molecular flexibility index (Phi) is 6.03. The number of aromatic amines is 1. The second kappa shape index (κ2) is 9.96. The highest BCUT2D eigenvalue weighted by atomic mass is 32.1. The Hall–Kier alpha value is -4.14. The highest BCUT2D eigenvalue weighted by Gasteiger charge is 2.23. The zero-order valence-electron chi connectivity index (χ0n) is 20.9. The van der Waals surface area contributed by atoms with Gasteiger partial charge in [0, 0.05) is 29.8 Å². The molecule has 8 heteroatoms. The van der Waals surface area contributed by atoms with Gasteiger partial charge in [-0.3, -0.25) is 15.0 Å². The Morgan fingerprint density at radius 1 is 0.895 bits per heavy atom. The van der Waals surface area contributed by atoms with Crippen LogP contribution in [0.15, 0.2) is 90.6 Å². The molecule has 5 heterocycles. The molecule has 0 unspecified atom stereocenters. The number of likely N-dealkylation sites (tertiary alicyclic amines) is 1. The zero-order valence-corrected chi connectivity index (χ0v) is 21.7. The van der Waals surface area contributed by atoms with Crippen LogP contribution < -0.4 is 0 Å². The Labute approximate surface area is 224 Å². The Balaban J connectivity index is 1.03. The Bertz CT molecular complexity index is 1640. The molecule has 0 radical (unpaired) electrons. The van der Waals surface area contributed by atoms with Crippen LogP contribution in [0.1, 0.15) is 30.0 Å². The number of nitrogens with one attached hydrogen (secondary N) is 1. The fourth-order valence-electron chi connectivity index (χ4n) is 5.36. The van der Waals surface area contributed by atoms with Crippen molar-refractivity contribution in [3.8, 4) is 33.9 Å². The van der Waals surface area contributed by atoms with Gasteiger partial charge < -0.3 is 0 Å². The minimum Gasteiger partial charge on any atom is -0.299 e. The molecule has 4 aromatic heterocycles. The van der Waals surface area contributed by atoms with Crippen molar-refractivity contribution >= 4 is 16.3 Å². The molecule has 0 aliphatic carbocycles. The first kappa shape index (κ1) is 23.0. The number of nitrogens with zero attached hydrogens (tertiary/aromatic N) is 6. The van der Waals surface area contributed by atoms with Gasteiger partial charge >= 0.3 is 0 Å². The second-order valence-corrected chi connectivity index (χ2v) is 10.6. The van der Waals surface area contributed by atoms with Gasteiger partial charge in [0.25, 0.3) is 0 Å². The largest absolute Gasteiger partial charge is 0.299 e. The number of piperidine rings is 1. The number of benzene rings is 2. The van der Waals surface area contributed by atoms with Gasteiger partial charge in [-0.2, -0.15) is 10.2 Å². The third kappa shape index (κ3) is 4.42. The van der Waals surface area contributed by atoms with Crippen LogP contribution in [0.5, 0.6) is 0 Å². The first-order valence-electron chi connectivity index (χ1n) is 13.0. The van der Waals surface area contributed by atoms with Crippen LogP contribution >= 0.6 is 11.3 Å². The first-order valence-corrected chi connectivity index (χ1v) is 13.9. The number of hydrogen-bond acceptors (Lipinski definition) is 6. The maximum atomic E-state index is 4.92. The number of rotatable bonds is 6. The predicted molar refractivity (Wildman–Crippen MR) is 151 cm³/mol. The molecule has 38 heavy (non-hydrogen) atoms. The number of hydrogen-bond donors (Lipinski definition) is 1. The van der Waals surface area contributed by atoms with Gasteiger partial charge in [-0.25, -0.2) is 9.50 Å². The quantitative estimate of drug-likeness (QED) is 0.281. The molecule has 0 bridgehead atoms. The van der Waals surface area contributed by atoms with Gasteiger partial charge in [0.05, 0.1) is 17.1 Å². The average Bonchev–Trinajstić information content (AvgIpc) is 3.72. The van der Waals surface area contributed by atoms with Crippen LogP contribution in [0.3, 0.4) is 0 Å². The zero-order chi connectivity index (χ0) is 25.3. The molecule has 1 aliphatic heterocycles. The van der Waals surface area contributed by atoms with Crippen LogP contribution in [-0.4, -0.2) is 47.8 Å². The van der Waals surface area contributed by atoms with Gasteiger partial charge in [0.1, 0.15) is 16.9 Å². The lowest BCUT2D eigenvalue weighted by Gasteiger charge is -2.31. The summed E-state index contributed by atoms with van der Waals surface area (Å²) >= 11 is 1.56. The molecule has 1 saturated heterocycles. The SMILES string of the molecule is c1ccc(-c2c(-c3ccc(CN4CCC(c5cc(-c6ccccn6)[nH]n5)CC4)cc3)nc3scnn23)cc1. The minimum absolute atomic E-state index is 0.488. The van der Waals surface area contributed by atoms with Gasteiger partial charge in [-0.1, -0.05) is 72.0 Å². The van der Waals surface area contributed by atoms with Crippen molar-refractivity contribution in [2.75, 3.05) is 13.1 Å². The van der Waals surface area contributed by atoms with Gasteiger partial charge in [0.2, 0.25) is 4.96 Å². The minimum atomic E-state index is 0.488. The van der Waals surface area contributed by atoms with E-state index < -0.39 is 0 Å². The number of pyridine rings is 1. The molecule has 0 amide bonds. The van der Waals surface area contributed by atoms with Gasteiger partial charge in [-0.05, 0) is 49.7 Å². The molecule has 0 spiro atoms. The molecule has 7 nitrogen and oxygen atoms in total. The molecular weight excluding hydrogens is 490 g/mol. The lowest BCUT2D eigenvalue weighted by Crippen LogP contribution is -2.32.